The summed E-state index contributed by atoms with van der Waals surface area (Å²) in [6.45, 7) is 4.59. The van der Waals surface area contributed by atoms with Gasteiger partial charge in [-0.15, -0.1) is 0 Å². The Morgan fingerprint density at radius 2 is 2.05 bits per heavy atom. The molecule has 0 heterocycles. The summed E-state index contributed by atoms with van der Waals surface area (Å²) in [7, 11) is 1.07. The predicted octanol–water partition coefficient (Wildman–Crippen LogP) is 3.68. The van der Waals surface area contributed by atoms with Crippen LogP contribution in [0.1, 0.15) is 37.0 Å². The molecule has 1 aromatic carbocycles. The third kappa shape index (κ3) is 5.56. The number of hydrogen-bond acceptors (Lipinski definition) is 3. The SMILES string of the molecule is CC(C)CCCNC(=O)c1cc(F)c(Br)c(S(=O)(=O)Cl)c1. The lowest BCUT2D eigenvalue weighted by atomic mass is 10.1. The first kappa shape index (κ1) is 18.4. The van der Waals surface area contributed by atoms with Crippen molar-refractivity contribution < 1.29 is 17.6 Å². The maximum Gasteiger partial charge on any atom is 0.262 e. The molecule has 0 atom stereocenters. The molecule has 1 aromatic rings. The smallest absolute Gasteiger partial charge is 0.262 e. The summed E-state index contributed by atoms with van der Waals surface area (Å²) in [5.41, 5.74) is -0.0838. The lowest BCUT2D eigenvalue weighted by Crippen LogP contribution is -2.25. The molecule has 0 aromatic heterocycles. The second-order valence-electron chi connectivity index (χ2n) is 5.00. The molecule has 0 aliphatic rings. The summed E-state index contributed by atoms with van der Waals surface area (Å²) in [4.78, 5) is 11.4. The summed E-state index contributed by atoms with van der Waals surface area (Å²) >= 11 is 2.81. The fraction of sp³-hybridized carbons (Fsp3) is 0.462. The molecule has 0 spiro atoms. The maximum absolute atomic E-state index is 13.7. The highest BCUT2D eigenvalue weighted by atomic mass is 79.9. The van der Waals surface area contributed by atoms with Gasteiger partial charge in [-0.05, 0) is 46.8 Å². The van der Waals surface area contributed by atoms with Crippen LogP contribution in [-0.4, -0.2) is 20.9 Å². The highest BCUT2D eigenvalue weighted by Crippen LogP contribution is 2.29. The van der Waals surface area contributed by atoms with E-state index >= 15 is 0 Å². The Balaban J connectivity index is 2.89. The van der Waals surface area contributed by atoms with Crippen LogP contribution in [0.15, 0.2) is 21.5 Å². The van der Waals surface area contributed by atoms with E-state index in [1.54, 1.807) is 0 Å². The average molecular weight is 401 g/mol. The highest BCUT2D eigenvalue weighted by molar-refractivity contribution is 9.10. The number of hydrogen-bond donors (Lipinski definition) is 1. The molecule has 8 heteroatoms. The summed E-state index contributed by atoms with van der Waals surface area (Å²) in [5.74, 6) is -0.865. The van der Waals surface area contributed by atoms with Crippen molar-refractivity contribution in [1.29, 1.82) is 0 Å². The van der Waals surface area contributed by atoms with Crippen LogP contribution in [0.3, 0.4) is 0 Å². The standard InChI is InChI=1S/C13H16BrClFNO3S/c1-8(2)4-3-5-17-13(18)9-6-10(16)12(14)11(7-9)21(15,19)20/h6-8H,3-5H2,1-2H3,(H,17,18). The van der Waals surface area contributed by atoms with Gasteiger partial charge in [-0.1, -0.05) is 13.8 Å². The van der Waals surface area contributed by atoms with Gasteiger partial charge in [-0.25, -0.2) is 12.8 Å². The van der Waals surface area contributed by atoms with Gasteiger partial charge in [-0.2, -0.15) is 0 Å². The van der Waals surface area contributed by atoms with E-state index < -0.39 is 25.7 Å². The first-order chi connectivity index (χ1) is 9.62. The second-order valence-corrected chi connectivity index (χ2v) is 8.33. The van der Waals surface area contributed by atoms with Gasteiger partial charge >= 0.3 is 0 Å². The Hall–Kier alpha value is -0.660. The van der Waals surface area contributed by atoms with Crippen molar-refractivity contribution in [2.45, 2.75) is 31.6 Å². The molecule has 118 valence electrons. The molecule has 1 rings (SSSR count). The number of benzene rings is 1. The second kappa shape index (κ2) is 7.56. The van der Waals surface area contributed by atoms with E-state index in [1.807, 2.05) is 0 Å². The van der Waals surface area contributed by atoms with E-state index in [2.05, 4.69) is 35.1 Å². The topological polar surface area (TPSA) is 63.2 Å². The van der Waals surface area contributed by atoms with Crippen LogP contribution >= 0.6 is 26.6 Å². The van der Waals surface area contributed by atoms with Crippen molar-refractivity contribution in [2.75, 3.05) is 6.54 Å². The summed E-state index contributed by atoms with van der Waals surface area (Å²) in [6.07, 6.45) is 1.75. The highest BCUT2D eigenvalue weighted by Gasteiger charge is 2.21. The van der Waals surface area contributed by atoms with Gasteiger partial charge in [0.15, 0.2) is 0 Å². The minimum absolute atomic E-state index is 0.0838. The molecule has 0 unspecified atom stereocenters. The van der Waals surface area contributed by atoms with Gasteiger partial charge in [0, 0.05) is 22.8 Å². The van der Waals surface area contributed by atoms with E-state index in [-0.39, 0.29) is 10.0 Å². The number of halogens is 3. The zero-order valence-corrected chi connectivity index (χ0v) is 14.8. The summed E-state index contributed by atoms with van der Waals surface area (Å²) < 4.78 is 36.1. The number of amides is 1. The lowest BCUT2D eigenvalue weighted by Gasteiger charge is -2.09. The number of carbonyl (C=O) groups is 1. The van der Waals surface area contributed by atoms with Crippen LogP contribution in [0.2, 0.25) is 0 Å². The molecule has 0 radical (unpaired) electrons. The third-order valence-corrected chi connectivity index (χ3v) is 5.18. The minimum Gasteiger partial charge on any atom is -0.352 e. The first-order valence-corrected chi connectivity index (χ1v) is 9.45. The quantitative estimate of drug-likeness (QED) is 0.585. The number of nitrogens with one attached hydrogen (secondary N) is 1. The van der Waals surface area contributed by atoms with Crippen molar-refractivity contribution in [3.05, 3.63) is 28.0 Å². The first-order valence-electron chi connectivity index (χ1n) is 6.35. The Labute approximate surface area is 136 Å². The van der Waals surface area contributed by atoms with Crippen LogP contribution in [-0.2, 0) is 9.05 Å². The lowest BCUT2D eigenvalue weighted by molar-refractivity contribution is 0.0952. The van der Waals surface area contributed by atoms with Crippen LogP contribution in [0, 0.1) is 11.7 Å². The van der Waals surface area contributed by atoms with Crippen molar-refractivity contribution in [1.82, 2.24) is 5.32 Å². The van der Waals surface area contributed by atoms with E-state index in [1.165, 1.54) is 0 Å². The van der Waals surface area contributed by atoms with E-state index in [9.17, 15) is 17.6 Å². The van der Waals surface area contributed by atoms with Crippen molar-refractivity contribution >= 4 is 41.6 Å². The fourth-order valence-corrected chi connectivity index (χ4v) is 3.78. The zero-order chi connectivity index (χ0) is 16.2. The molecular weight excluding hydrogens is 385 g/mol. The van der Waals surface area contributed by atoms with Gasteiger partial charge in [0.05, 0.1) is 4.47 Å². The fourth-order valence-electron chi connectivity index (χ4n) is 1.69. The molecule has 0 aliphatic carbocycles. The average Bonchev–Trinajstić information content (AvgIpc) is 2.35. The predicted molar refractivity (Wildman–Crippen MR) is 83.5 cm³/mol. The van der Waals surface area contributed by atoms with Gasteiger partial charge in [0.2, 0.25) is 0 Å². The molecule has 21 heavy (non-hydrogen) atoms. The summed E-state index contributed by atoms with van der Waals surface area (Å²) in [6, 6.07) is 2.01. The molecule has 0 aliphatic heterocycles. The maximum atomic E-state index is 13.7. The van der Waals surface area contributed by atoms with E-state index in [0.29, 0.717) is 12.5 Å². The van der Waals surface area contributed by atoms with Crippen LogP contribution in [0.4, 0.5) is 4.39 Å². The van der Waals surface area contributed by atoms with E-state index in [4.69, 9.17) is 10.7 Å². The molecule has 0 bridgehead atoms. The Kier molecular flexibility index (Phi) is 6.62. The monoisotopic (exact) mass is 399 g/mol. The Morgan fingerprint density at radius 3 is 2.57 bits per heavy atom. The molecule has 0 saturated heterocycles. The molecular formula is C13H16BrClFNO3S. The van der Waals surface area contributed by atoms with Gasteiger partial charge in [-0.3, -0.25) is 4.79 Å². The van der Waals surface area contributed by atoms with Crippen LogP contribution in [0.5, 0.6) is 0 Å². The Bertz CT molecular complexity index is 635. The van der Waals surface area contributed by atoms with Crippen molar-refractivity contribution in [3.63, 3.8) is 0 Å². The molecule has 0 saturated carbocycles. The van der Waals surface area contributed by atoms with Crippen LogP contribution in [0.25, 0.3) is 0 Å². The minimum atomic E-state index is -4.14. The molecule has 4 nitrogen and oxygen atoms in total. The molecule has 1 amide bonds. The number of rotatable bonds is 6. The van der Waals surface area contributed by atoms with Gasteiger partial charge in [0.25, 0.3) is 15.0 Å². The van der Waals surface area contributed by atoms with Crippen LogP contribution < -0.4 is 5.32 Å². The Morgan fingerprint density at radius 1 is 1.43 bits per heavy atom. The van der Waals surface area contributed by atoms with Gasteiger partial charge < -0.3 is 5.32 Å². The zero-order valence-electron chi connectivity index (χ0n) is 11.6. The van der Waals surface area contributed by atoms with Crippen molar-refractivity contribution in [2.24, 2.45) is 5.92 Å². The van der Waals surface area contributed by atoms with Crippen molar-refractivity contribution in [3.8, 4) is 0 Å². The third-order valence-electron chi connectivity index (χ3n) is 2.76. The molecule has 1 N–H and O–H groups in total. The van der Waals surface area contributed by atoms with E-state index in [0.717, 1.165) is 25.0 Å². The normalized spacial score (nSPS) is 11.7. The van der Waals surface area contributed by atoms with Gasteiger partial charge in [0.1, 0.15) is 10.7 Å². The summed E-state index contributed by atoms with van der Waals surface area (Å²) in [5, 5.41) is 2.62. The largest absolute Gasteiger partial charge is 0.352 e. The number of carbonyl (C=O) groups excluding carboxylic acids is 1. The molecule has 0 fully saturated rings.